The topological polar surface area (TPSA) is 40.2 Å². The van der Waals surface area contributed by atoms with Crippen LogP contribution in [0.25, 0.3) is 10.6 Å². The van der Waals surface area contributed by atoms with Gasteiger partial charge in [0.1, 0.15) is 0 Å². The van der Waals surface area contributed by atoms with Gasteiger partial charge in [-0.15, -0.1) is 0 Å². The van der Waals surface area contributed by atoms with Crippen molar-refractivity contribution in [1.82, 2.24) is 5.32 Å². The monoisotopic (exact) mass is 419 g/mol. The van der Waals surface area contributed by atoms with Crippen molar-refractivity contribution in [1.29, 1.82) is 0 Å². The van der Waals surface area contributed by atoms with Crippen molar-refractivity contribution < 1.29 is 25.8 Å². The Morgan fingerprint density at radius 2 is 1.39 bits per heavy atom. The molecule has 0 aliphatic heterocycles. The molecule has 0 spiro atoms. The summed E-state index contributed by atoms with van der Waals surface area (Å²) < 4.78 is 0. The Kier molecular flexibility index (Phi) is 29.1. The first-order chi connectivity index (χ1) is 8.26. The maximum Gasteiger partial charge on any atom is 0 e. The van der Waals surface area contributed by atoms with Crippen LogP contribution in [-0.2, 0) is 25.8 Å². The van der Waals surface area contributed by atoms with Gasteiger partial charge in [0, 0.05) is 25.8 Å². The minimum Gasteiger partial charge on any atom is -0.665 e. The normalized spacial score (nSPS) is 12.1. The van der Waals surface area contributed by atoms with E-state index in [2.05, 4.69) is 40.3 Å². The summed E-state index contributed by atoms with van der Waals surface area (Å²) in [4.78, 5) is 0. The summed E-state index contributed by atoms with van der Waals surface area (Å²) >= 11 is 0. The maximum absolute atomic E-state index is 3.74. The second-order valence-electron chi connectivity index (χ2n) is 3.59. The van der Waals surface area contributed by atoms with E-state index >= 15 is 0 Å². The number of hydrogen-bond donors (Lipinski definition) is 1. The first-order valence-corrected chi connectivity index (χ1v) is 6.37. The van der Waals surface area contributed by atoms with E-state index < -0.39 is 0 Å². The predicted molar refractivity (Wildman–Crippen MR) is 80.0 cm³/mol. The summed E-state index contributed by atoms with van der Waals surface area (Å²) in [6.07, 6.45) is 9.92. The molecule has 0 amide bonds. The summed E-state index contributed by atoms with van der Waals surface area (Å²) in [6, 6.07) is 0. The number of allylic oxidation sites excluding steroid dienone is 4. The smallest absolute Gasteiger partial charge is 0 e. The molecule has 0 bridgehead atoms. The van der Waals surface area contributed by atoms with Gasteiger partial charge >= 0.3 is 0 Å². The largest absolute Gasteiger partial charge is 0.665 e. The first-order valence-electron chi connectivity index (χ1n) is 6.37. The maximum atomic E-state index is 3.74. The molecule has 0 unspecified atom stereocenters. The van der Waals surface area contributed by atoms with Gasteiger partial charge in [0.25, 0.3) is 0 Å². The van der Waals surface area contributed by atoms with Gasteiger partial charge < -0.3 is 16.0 Å². The van der Waals surface area contributed by atoms with Crippen molar-refractivity contribution in [2.45, 2.75) is 20.3 Å². The molecule has 0 radical (unpaired) electrons. The Morgan fingerprint density at radius 1 is 1.00 bits per heavy atom. The summed E-state index contributed by atoms with van der Waals surface area (Å²) in [5.74, 6) is 0.692. The van der Waals surface area contributed by atoms with Crippen LogP contribution in [0, 0.1) is 5.92 Å². The van der Waals surface area contributed by atoms with Gasteiger partial charge in [-0.05, 0) is 25.9 Å². The predicted octanol–water partition coefficient (Wildman–Crippen LogP) is 3.36. The molecule has 1 rings (SSSR count). The van der Waals surface area contributed by atoms with Crippen LogP contribution in [-0.4, -0.2) is 40.8 Å². The molecule has 1 aliphatic rings. The van der Waals surface area contributed by atoms with E-state index in [4.69, 9.17) is 0 Å². The van der Waals surface area contributed by atoms with Gasteiger partial charge in [0.15, 0.2) is 0 Å². The van der Waals surface area contributed by atoms with E-state index in [-0.39, 0.29) is 25.8 Å². The van der Waals surface area contributed by atoms with Crippen LogP contribution in [0.4, 0.5) is 0 Å². The molecule has 0 saturated heterocycles. The average molecular weight is 418 g/mol. The summed E-state index contributed by atoms with van der Waals surface area (Å²) in [6.45, 7) is 7.03. The van der Waals surface area contributed by atoms with Crippen LogP contribution in [0.3, 0.4) is 0 Å². The van der Waals surface area contributed by atoms with Crippen LogP contribution >= 0.6 is 0 Å². The molecule has 4 heteroatoms. The van der Waals surface area contributed by atoms with Crippen LogP contribution in [0.2, 0.25) is 0 Å². The van der Waals surface area contributed by atoms with E-state index in [0.717, 1.165) is 19.6 Å². The van der Waals surface area contributed by atoms with Crippen molar-refractivity contribution in [3.05, 3.63) is 34.9 Å². The molecular formula is C14H29HfN3-2. The fraction of sp³-hybridized carbons (Fsp3) is 0.714. The van der Waals surface area contributed by atoms with Gasteiger partial charge in [0.05, 0.1) is 0 Å². The quantitative estimate of drug-likeness (QED) is 0.685. The third-order valence-electron chi connectivity index (χ3n) is 2.19. The molecule has 1 N–H and O–H groups in total. The molecule has 1 aliphatic carbocycles. The molecule has 3 nitrogen and oxygen atoms in total. The van der Waals surface area contributed by atoms with Crippen molar-refractivity contribution in [3.63, 3.8) is 0 Å². The third kappa shape index (κ3) is 21.5. The van der Waals surface area contributed by atoms with Gasteiger partial charge in [-0.25, -0.2) is 0 Å². The fourth-order valence-corrected chi connectivity index (χ4v) is 0.981. The number of nitrogens with zero attached hydrogens (tertiary/aromatic N) is 2. The molecule has 0 atom stereocenters. The minimum absolute atomic E-state index is 0. The Morgan fingerprint density at radius 3 is 1.67 bits per heavy atom. The second-order valence-corrected chi connectivity index (χ2v) is 3.59. The fourth-order valence-electron chi connectivity index (χ4n) is 0.981. The molecule has 106 valence electrons. The first kappa shape index (κ1) is 23.3. The van der Waals surface area contributed by atoms with Crippen molar-refractivity contribution >= 4 is 0 Å². The van der Waals surface area contributed by atoms with Gasteiger partial charge in [-0.3, -0.25) is 0 Å². The molecule has 0 aromatic heterocycles. The second kappa shape index (κ2) is 22.4. The zero-order valence-electron chi connectivity index (χ0n) is 12.6. The van der Waals surface area contributed by atoms with Gasteiger partial charge in [-0.2, -0.15) is 27.2 Å². The molecule has 0 aromatic carbocycles. The SMILES string of the molecule is CC[N-]C.CC[N-]C.CNCCC1C=CC=C1.[Hf]. The Balaban J connectivity index is -0.000000214. The van der Waals surface area contributed by atoms with Crippen molar-refractivity contribution in [2.24, 2.45) is 5.92 Å². The standard InChI is InChI=1S/C8H13N.2C3H8N.Hf/c1-9-7-6-8-4-2-3-5-8;2*1-3-4-2;/h2-5,8-9H,6-7H2,1H3;2*3H2,1-2H3;/q;2*-1;. The number of nitrogens with one attached hydrogen (secondary N) is 1. The Bertz CT molecular complexity index is 162. The summed E-state index contributed by atoms with van der Waals surface area (Å²) in [7, 11) is 5.60. The van der Waals surface area contributed by atoms with E-state index in [1.54, 1.807) is 14.1 Å². The summed E-state index contributed by atoms with van der Waals surface area (Å²) in [5, 5.41) is 10.6. The minimum atomic E-state index is 0. The Labute approximate surface area is 133 Å². The van der Waals surface area contributed by atoms with E-state index in [9.17, 15) is 0 Å². The Hall–Kier alpha value is 0.230. The van der Waals surface area contributed by atoms with Crippen molar-refractivity contribution in [2.75, 3.05) is 40.8 Å². The molecule has 18 heavy (non-hydrogen) atoms. The van der Waals surface area contributed by atoms with Gasteiger partial charge in [-0.1, -0.05) is 38.2 Å². The molecular weight excluding hydrogens is 389 g/mol. The van der Waals surface area contributed by atoms with E-state index in [1.165, 1.54) is 6.42 Å². The summed E-state index contributed by atoms with van der Waals surface area (Å²) in [5.41, 5.74) is 0. The zero-order chi connectivity index (χ0) is 13.4. The molecule has 0 heterocycles. The van der Waals surface area contributed by atoms with Crippen LogP contribution in [0.1, 0.15) is 20.3 Å². The molecule has 0 fully saturated rings. The van der Waals surface area contributed by atoms with Gasteiger partial charge in [0.2, 0.25) is 0 Å². The number of hydrogen-bond acceptors (Lipinski definition) is 1. The van der Waals surface area contributed by atoms with Crippen LogP contribution in [0.15, 0.2) is 24.3 Å². The molecule has 0 aromatic rings. The third-order valence-corrected chi connectivity index (χ3v) is 2.19. The van der Waals surface area contributed by atoms with E-state index in [1.807, 2.05) is 20.9 Å². The van der Waals surface area contributed by atoms with Crippen LogP contribution < -0.4 is 5.32 Å². The average Bonchev–Trinajstić information content (AvgIpc) is 2.90. The molecule has 0 saturated carbocycles. The van der Waals surface area contributed by atoms with Crippen LogP contribution in [0.5, 0.6) is 0 Å². The number of rotatable bonds is 5. The van der Waals surface area contributed by atoms with Crippen molar-refractivity contribution in [3.8, 4) is 0 Å². The van der Waals surface area contributed by atoms with E-state index in [0.29, 0.717) is 5.92 Å². The zero-order valence-corrected chi connectivity index (χ0v) is 16.2.